The van der Waals surface area contributed by atoms with E-state index in [4.69, 9.17) is 10.00 Å². The Hall–Kier alpha value is -0.860. The van der Waals surface area contributed by atoms with Gasteiger partial charge in [-0.3, -0.25) is 0 Å². The number of nitriles is 1. The van der Waals surface area contributed by atoms with Crippen LogP contribution in [0.15, 0.2) is 22.0 Å². The predicted molar refractivity (Wildman–Crippen MR) is 72.6 cm³/mol. The lowest BCUT2D eigenvalue weighted by Crippen LogP contribution is -2.01. The molecule has 1 saturated heterocycles. The average molecular weight is 269 g/mol. The summed E-state index contributed by atoms with van der Waals surface area (Å²) in [4.78, 5) is 11.3. The second-order valence-electron chi connectivity index (χ2n) is 3.36. The van der Waals surface area contributed by atoms with Gasteiger partial charge in [-0.2, -0.15) is 5.26 Å². The van der Waals surface area contributed by atoms with E-state index in [9.17, 15) is 4.79 Å². The van der Waals surface area contributed by atoms with Crippen molar-refractivity contribution in [2.75, 3.05) is 18.1 Å². The van der Waals surface area contributed by atoms with Gasteiger partial charge >= 0.3 is 5.97 Å². The highest BCUT2D eigenvalue weighted by Gasteiger charge is 2.12. The number of unbranched alkanes of at least 4 members (excludes halogenated alkanes) is 1. The van der Waals surface area contributed by atoms with Gasteiger partial charge < -0.3 is 4.74 Å². The Balaban J connectivity index is 2.48. The van der Waals surface area contributed by atoms with Crippen molar-refractivity contribution < 1.29 is 9.53 Å². The van der Waals surface area contributed by atoms with E-state index in [2.05, 4.69) is 6.07 Å². The highest BCUT2D eigenvalue weighted by Crippen LogP contribution is 2.38. The molecular weight excluding hydrogens is 254 g/mol. The molecule has 92 valence electrons. The number of esters is 1. The molecule has 0 aromatic carbocycles. The van der Waals surface area contributed by atoms with Crippen LogP contribution in [0.3, 0.4) is 0 Å². The van der Waals surface area contributed by atoms with E-state index in [0.29, 0.717) is 12.2 Å². The van der Waals surface area contributed by atoms with Crippen molar-refractivity contribution >= 4 is 29.5 Å². The molecule has 0 amide bonds. The van der Waals surface area contributed by atoms with Crippen LogP contribution < -0.4 is 0 Å². The van der Waals surface area contributed by atoms with Crippen molar-refractivity contribution in [2.24, 2.45) is 0 Å². The van der Waals surface area contributed by atoms with Gasteiger partial charge in [0.2, 0.25) is 0 Å². The first-order valence-electron chi connectivity index (χ1n) is 5.52. The lowest BCUT2D eigenvalue weighted by molar-refractivity contribution is -0.137. The van der Waals surface area contributed by atoms with Gasteiger partial charge in [-0.15, -0.1) is 23.5 Å². The van der Waals surface area contributed by atoms with Crippen LogP contribution in [0.2, 0.25) is 0 Å². The zero-order chi connectivity index (χ0) is 12.5. The van der Waals surface area contributed by atoms with E-state index in [-0.39, 0.29) is 5.97 Å². The van der Waals surface area contributed by atoms with Gasteiger partial charge in [0.05, 0.1) is 16.4 Å². The molecule has 0 aliphatic carbocycles. The number of carbonyl (C=O) groups excluding carboxylic acids is 1. The fourth-order valence-corrected chi connectivity index (χ4v) is 3.54. The fourth-order valence-electron chi connectivity index (χ4n) is 1.13. The van der Waals surface area contributed by atoms with Crippen molar-refractivity contribution in [1.29, 1.82) is 5.26 Å². The van der Waals surface area contributed by atoms with Crippen LogP contribution in [0.1, 0.15) is 19.8 Å². The maximum Gasteiger partial charge on any atom is 0.330 e. The van der Waals surface area contributed by atoms with Crippen LogP contribution in [0, 0.1) is 11.3 Å². The first-order valence-corrected chi connectivity index (χ1v) is 7.50. The number of nitrogens with zero attached hydrogens (tertiary/aromatic N) is 1. The van der Waals surface area contributed by atoms with Crippen molar-refractivity contribution in [3.05, 3.63) is 22.0 Å². The summed E-state index contributed by atoms with van der Waals surface area (Å²) in [6.07, 6.45) is 4.75. The summed E-state index contributed by atoms with van der Waals surface area (Å²) in [7, 11) is 0. The van der Waals surface area contributed by atoms with Crippen LogP contribution in [0.5, 0.6) is 0 Å². The second kappa shape index (κ2) is 8.26. The summed E-state index contributed by atoms with van der Waals surface area (Å²) in [5.41, 5.74) is 0.560. The van der Waals surface area contributed by atoms with E-state index in [0.717, 1.165) is 28.6 Å². The highest BCUT2D eigenvalue weighted by molar-refractivity contribution is 8.25. The normalized spacial score (nSPS) is 14.9. The topological polar surface area (TPSA) is 50.1 Å². The van der Waals surface area contributed by atoms with Crippen LogP contribution in [-0.4, -0.2) is 24.1 Å². The SMILES string of the molecule is CCCCOC(=O)/C=C/C(C#N)=C1SCCS1. The molecule has 1 aliphatic rings. The molecular formula is C12H15NO2S2. The largest absolute Gasteiger partial charge is 0.463 e. The average Bonchev–Trinajstić information content (AvgIpc) is 2.84. The Morgan fingerprint density at radius 3 is 2.76 bits per heavy atom. The zero-order valence-electron chi connectivity index (χ0n) is 9.77. The third kappa shape index (κ3) is 5.33. The molecule has 1 fully saturated rings. The molecule has 5 heteroatoms. The molecule has 0 unspecified atom stereocenters. The highest BCUT2D eigenvalue weighted by atomic mass is 32.2. The van der Waals surface area contributed by atoms with Gasteiger partial charge in [-0.05, 0) is 12.5 Å². The number of thioether (sulfide) groups is 2. The lowest BCUT2D eigenvalue weighted by Gasteiger charge is -1.99. The Bertz CT molecular complexity index is 361. The molecule has 0 radical (unpaired) electrons. The summed E-state index contributed by atoms with van der Waals surface area (Å²) >= 11 is 3.33. The minimum Gasteiger partial charge on any atom is -0.463 e. The Morgan fingerprint density at radius 2 is 2.18 bits per heavy atom. The summed E-state index contributed by atoms with van der Waals surface area (Å²) in [5, 5.41) is 8.98. The van der Waals surface area contributed by atoms with Gasteiger partial charge in [0.15, 0.2) is 0 Å². The maximum atomic E-state index is 11.3. The van der Waals surface area contributed by atoms with E-state index in [1.54, 1.807) is 29.6 Å². The number of rotatable bonds is 5. The number of allylic oxidation sites excluding steroid dienone is 2. The smallest absolute Gasteiger partial charge is 0.330 e. The fraction of sp³-hybridized carbons (Fsp3) is 0.500. The molecule has 0 aromatic heterocycles. The maximum absolute atomic E-state index is 11.3. The minimum absolute atomic E-state index is 0.375. The summed E-state index contributed by atoms with van der Waals surface area (Å²) < 4.78 is 5.97. The molecule has 0 aromatic rings. The van der Waals surface area contributed by atoms with E-state index in [1.165, 1.54) is 6.08 Å². The van der Waals surface area contributed by atoms with Crippen LogP contribution in [0.4, 0.5) is 0 Å². The van der Waals surface area contributed by atoms with Gasteiger partial charge in [0, 0.05) is 17.6 Å². The minimum atomic E-state index is -0.375. The van der Waals surface area contributed by atoms with Crippen molar-refractivity contribution in [3.8, 4) is 6.07 Å². The van der Waals surface area contributed by atoms with Crippen LogP contribution >= 0.6 is 23.5 Å². The molecule has 1 rings (SSSR count). The van der Waals surface area contributed by atoms with Gasteiger partial charge in [0.1, 0.15) is 6.07 Å². The third-order valence-electron chi connectivity index (χ3n) is 2.02. The van der Waals surface area contributed by atoms with Crippen molar-refractivity contribution in [2.45, 2.75) is 19.8 Å². The molecule has 0 spiro atoms. The lowest BCUT2D eigenvalue weighted by atomic mass is 10.3. The Morgan fingerprint density at radius 1 is 1.47 bits per heavy atom. The molecule has 0 saturated carbocycles. The van der Waals surface area contributed by atoms with E-state index in [1.807, 2.05) is 6.92 Å². The predicted octanol–water partition coefficient (Wildman–Crippen LogP) is 3.10. The number of carbonyl (C=O) groups is 1. The molecule has 0 atom stereocenters. The summed E-state index contributed by atoms with van der Waals surface area (Å²) in [5.74, 6) is 1.68. The standard InChI is InChI=1S/C12H15NO2S2/c1-2-3-6-15-11(14)5-4-10(9-13)12-16-7-8-17-12/h4-5H,2-3,6-8H2,1H3/b5-4+. The molecule has 0 N–H and O–H groups in total. The van der Waals surface area contributed by atoms with Crippen molar-refractivity contribution in [1.82, 2.24) is 0 Å². The van der Waals surface area contributed by atoms with Crippen molar-refractivity contribution in [3.63, 3.8) is 0 Å². The quantitative estimate of drug-likeness (QED) is 0.332. The molecule has 17 heavy (non-hydrogen) atoms. The summed E-state index contributed by atoms with van der Waals surface area (Å²) in [6.45, 7) is 2.48. The van der Waals surface area contributed by atoms with E-state index >= 15 is 0 Å². The Labute approximate surface area is 110 Å². The summed E-state index contributed by atoms with van der Waals surface area (Å²) in [6, 6.07) is 2.11. The first-order chi connectivity index (χ1) is 8.27. The Kier molecular flexibility index (Phi) is 6.90. The number of hydrogen-bond acceptors (Lipinski definition) is 5. The monoisotopic (exact) mass is 269 g/mol. The number of hydrogen-bond donors (Lipinski definition) is 0. The third-order valence-corrected chi connectivity index (χ3v) is 4.76. The molecule has 0 bridgehead atoms. The van der Waals surface area contributed by atoms with Crippen LogP contribution in [0.25, 0.3) is 0 Å². The van der Waals surface area contributed by atoms with E-state index < -0.39 is 0 Å². The van der Waals surface area contributed by atoms with Gasteiger partial charge in [-0.25, -0.2) is 4.79 Å². The second-order valence-corrected chi connectivity index (χ2v) is 5.83. The van der Waals surface area contributed by atoms with Gasteiger partial charge in [-0.1, -0.05) is 13.3 Å². The molecule has 1 aliphatic heterocycles. The number of ether oxygens (including phenoxy) is 1. The van der Waals surface area contributed by atoms with Crippen LogP contribution in [-0.2, 0) is 9.53 Å². The molecule has 1 heterocycles. The first kappa shape index (κ1) is 14.2. The zero-order valence-corrected chi connectivity index (χ0v) is 11.4. The van der Waals surface area contributed by atoms with Gasteiger partial charge in [0.25, 0.3) is 0 Å². The molecule has 3 nitrogen and oxygen atoms in total.